The SMILES string of the molecule is O=C(CSCc1ccccc1Cl)Nc1cc(Cl)ccc1O. The van der Waals surface area contributed by atoms with Crippen molar-refractivity contribution in [2.24, 2.45) is 0 Å². The molecule has 0 atom stereocenters. The molecule has 110 valence electrons. The molecule has 0 aliphatic heterocycles. The van der Waals surface area contributed by atoms with E-state index in [9.17, 15) is 9.90 Å². The van der Waals surface area contributed by atoms with E-state index in [4.69, 9.17) is 23.2 Å². The van der Waals surface area contributed by atoms with Crippen LogP contribution in [0.15, 0.2) is 42.5 Å². The molecule has 3 nitrogen and oxygen atoms in total. The van der Waals surface area contributed by atoms with Gasteiger partial charge in [0.1, 0.15) is 5.75 Å². The first-order chi connectivity index (χ1) is 10.1. The molecule has 2 rings (SSSR count). The molecule has 0 aliphatic rings. The molecule has 1 amide bonds. The van der Waals surface area contributed by atoms with Crippen LogP contribution in [0.25, 0.3) is 0 Å². The van der Waals surface area contributed by atoms with Crippen molar-refractivity contribution in [3.05, 3.63) is 58.1 Å². The number of hydrogen-bond donors (Lipinski definition) is 2. The molecule has 0 heterocycles. The quantitative estimate of drug-likeness (QED) is 0.783. The van der Waals surface area contributed by atoms with Gasteiger partial charge < -0.3 is 10.4 Å². The number of anilines is 1. The molecule has 6 heteroatoms. The molecule has 0 bridgehead atoms. The second-order valence-electron chi connectivity index (χ2n) is 4.29. The van der Waals surface area contributed by atoms with Gasteiger partial charge in [0.15, 0.2) is 0 Å². The summed E-state index contributed by atoms with van der Waals surface area (Å²) in [6, 6.07) is 12.0. The van der Waals surface area contributed by atoms with Crippen LogP contribution in [0.1, 0.15) is 5.56 Å². The number of nitrogens with one attached hydrogen (secondary N) is 1. The van der Waals surface area contributed by atoms with Gasteiger partial charge in [-0.05, 0) is 29.8 Å². The van der Waals surface area contributed by atoms with Gasteiger partial charge >= 0.3 is 0 Å². The number of phenols is 1. The summed E-state index contributed by atoms with van der Waals surface area (Å²) in [7, 11) is 0. The van der Waals surface area contributed by atoms with Gasteiger partial charge in [-0.2, -0.15) is 0 Å². The Hall–Kier alpha value is -1.36. The zero-order valence-corrected chi connectivity index (χ0v) is 13.3. The molecule has 21 heavy (non-hydrogen) atoms. The Morgan fingerprint density at radius 2 is 1.95 bits per heavy atom. The predicted molar refractivity (Wildman–Crippen MR) is 89.4 cm³/mol. The highest BCUT2D eigenvalue weighted by Gasteiger charge is 2.08. The molecule has 0 saturated carbocycles. The van der Waals surface area contributed by atoms with Crippen molar-refractivity contribution in [2.75, 3.05) is 11.1 Å². The van der Waals surface area contributed by atoms with E-state index < -0.39 is 0 Å². The van der Waals surface area contributed by atoms with Crippen LogP contribution in [-0.4, -0.2) is 16.8 Å². The molecule has 0 aliphatic carbocycles. The fourth-order valence-electron chi connectivity index (χ4n) is 1.66. The molecule has 2 aromatic rings. The third-order valence-electron chi connectivity index (χ3n) is 2.68. The van der Waals surface area contributed by atoms with E-state index in [0.717, 1.165) is 5.56 Å². The number of phenolic OH excluding ortho intramolecular Hbond substituents is 1. The van der Waals surface area contributed by atoms with Gasteiger partial charge in [-0.25, -0.2) is 0 Å². The summed E-state index contributed by atoms with van der Waals surface area (Å²) in [6.07, 6.45) is 0. The zero-order valence-electron chi connectivity index (χ0n) is 11.0. The minimum Gasteiger partial charge on any atom is -0.506 e. The van der Waals surface area contributed by atoms with Crippen LogP contribution >= 0.6 is 35.0 Å². The fourth-order valence-corrected chi connectivity index (χ4v) is 2.95. The summed E-state index contributed by atoms with van der Waals surface area (Å²) >= 11 is 13.3. The van der Waals surface area contributed by atoms with E-state index in [1.165, 1.54) is 23.9 Å². The number of carbonyl (C=O) groups is 1. The molecule has 0 fully saturated rings. The topological polar surface area (TPSA) is 49.3 Å². The molecule has 2 N–H and O–H groups in total. The van der Waals surface area contributed by atoms with Crippen molar-refractivity contribution in [2.45, 2.75) is 5.75 Å². The van der Waals surface area contributed by atoms with Gasteiger partial charge in [-0.15, -0.1) is 11.8 Å². The third kappa shape index (κ3) is 4.84. The summed E-state index contributed by atoms with van der Waals surface area (Å²) in [5.74, 6) is 0.694. The lowest BCUT2D eigenvalue weighted by atomic mass is 10.2. The van der Waals surface area contributed by atoms with E-state index >= 15 is 0 Å². The molecule has 0 saturated heterocycles. The highest BCUT2D eigenvalue weighted by Crippen LogP contribution is 2.27. The first-order valence-electron chi connectivity index (χ1n) is 6.16. The molecule has 2 aromatic carbocycles. The van der Waals surface area contributed by atoms with Crippen LogP contribution in [-0.2, 0) is 10.5 Å². The molecule has 0 spiro atoms. The van der Waals surface area contributed by atoms with Crippen molar-refractivity contribution in [1.82, 2.24) is 0 Å². The van der Waals surface area contributed by atoms with Crippen LogP contribution in [0.2, 0.25) is 10.0 Å². The minimum absolute atomic E-state index is 0.0103. The van der Waals surface area contributed by atoms with E-state index in [0.29, 0.717) is 21.5 Å². The average molecular weight is 342 g/mol. The van der Waals surface area contributed by atoms with Crippen molar-refractivity contribution in [3.63, 3.8) is 0 Å². The first-order valence-corrected chi connectivity index (χ1v) is 8.07. The molecular weight excluding hydrogens is 329 g/mol. The van der Waals surface area contributed by atoms with E-state index in [1.807, 2.05) is 24.3 Å². The van der Waals surface area contributed by atoms with Crippen molar-refractivity contribution in [3.8, 4) is 5.75 Å². The van der Waals surface area contributed by atoms with Gasteiger partial charge in [0.25, 0.3) is 0 Å². The summed E-state index contributed by atoms with van der Waals surface area (Å²) < 4.78 is 0. The predicted octanol–water partition coefficient (Wildman–Crippen LogP) is 4.57. The van der Waals surface area contributed by atoms with Crippen molar-refractivity contribution in [1.29, 1.82) is 0 Å². The Kier molecular flexibility index (Phi) is 5.79. The van der Waals surface area contributed by atoms with Crippen molar-refractivity contribution >= 4 is 46.6 Å². The lowest BCUT2D eigenvalue weighted by Crippen LogP contribution is -2.14. The number of rotatable bonds is 5. The zero-order chi connectivity index (χ0) is 15.2. The van der Waals surface area contributed by atoms with Gasteiger partial charge in [0, 0.05) is 15.8 Å². The van der Waals surface area contributed by atoms with E-state index in [-0.39, 0.29) is 17.4 Å². The van der Waals surface area contributed by atoms with Crippen LogP contribution in [0, 0.1) is 0 Å². The highest BCUT2D eigenvalue weighted by atomic mass is 35.5. The lowest BCUT2D eigenvalue weighted by Gasteiger charge is -2.08. The van der Waals surface area contributed by atoms with Gasteiger partial charge in [0.05, 0.1) is 11.4 Å². The number of hydrogen-bond acceptors (Lipinski definition) is 3. The second kappa shape index (κ2) is 7.59. The third-order valence-corrected chi connectivity index (χ3v) is 4.27. The van der Waals surface area contributed by atoms with Crippen LogP contribution in [0.4, 0.5) is 5.69 Å². The summed E-state index contributed by atoms with van der Waals surface area (Å²) in [5, 5.41) is 13.4. The molecular formula is C15H13Cl2NO2S. The maximum atomic E-state index is 11.8. The Balaban J connectivity index is 1.85. The summed E-state index contributed by atoms with van der Waals surface area (Å²) in [4.78, 5) is 11.8. The Morgan fingerprint density at radius 1 is 1.19 bits per heavy atom. The number of thioether (sulfide) groups is 1. The maximum Gasteiger partial charge on any atom is 0.234 e. The number of carbonyl (C=O) groups excluding carboxylic acids is 1. The fraction of sp³-hybridized carbons (Fsp3) is 0.133. The van der Waals surface area contributed by atoms with Crippen LogP contribution in [0.5, 0.6) is 5.75 Å². The monoisotopic (exact) mass is 341 g/mol. The summed E-state index contributed by atoms with van der Waals surface area (Å²) in [6.45, 7) is 0. The first kappa shape index (κ1) is 16.0. The Bertz CT molecular complexity index is 649. The Labute approximate surface area is 137 Å². The molecule has 0 radical (unpaired) electrons. The summed E-state index contributed by atoms with van der Waals surface area (Å²) in [5.41, 5.74) is 1.30. The average Bonchev–Trinajstić information content (AvgIpc) is 2.45. The number of halogens is 2. The number of benzene rings is 2. The normalized spacial score (nSPS) is 10.4. The van der Waals surface area contributed by atoms with Gasteiger partial charge in [0.2, 0.25) is 5.91 Å². The standard InChI is InChI=1S/C15H13Cl2NO2S/c16-11-5-6-14(19)13(7-11)18-15(20)9-21-8-10-3-1-2-4-12(10)17/h1-7,19H,8-9H2,(H,18,20). The minimum atomic E-state index is -0.204. The van der Waals surface area contributed by atoms with E-state index in [2.05, 4.69) is 5.32 Å². The second-order valence-corrected chi connectivity index (χ2v) is 6.12. The van der Waals surface area contributed by atoms with Crippen molar-refractivity contribution < 1.29 is 9.90 Å². The lowest BCUT2D eigenvalue weighted by molar-refractivity contribution is -0.113. The van der Waals surface area contributed by atoms with Gasteiger partial charge in [-0.3, -0.25) is 4.79 Å². The van der Waals surface area contributed by atoms with E-state index in [1.54, 1.807) is 6.07 Å². The van der Waals surface area contributed by atoms with Crippen LogP contribution < -0.4 is 5.32 Å². The smallest absolute Gasteiger partial charge is 0.234 e. The highest BCUT2D eigenvalue weighted by molar-refractivity contribution is 7.99. The molecule has 0 aromatic heterocycles. The maximum absolute atomic E-state index is 11.8. The molecule has 0 unspecified atom stereocenters. The van der Waals surface area contributed by atoms with Crippen LogP contribution in [0.3, 0.4) is 0 Å². The number of amides is 1. The largest absolute Gasteiger partial charge is 0.506 e. The Morgan fingerprint density at radius 3 is 2.71 bits per heavy atom. The van der Waals surface area contributed by atoms with Gasteiger partial charge in [-0.1, -0.05) is 41.4 Å². The number of aromatic hydroxyl groups is 1.